The maximum absolute atomic E-state index is 12.0. The monoisotopic (exact) mass is 288 g/mol. The van der Waals surface area contributed by atoms with Crippen LogP contribution in [0.25, 0.3) is 0 Å². The largest absolute Gasteiger partial charge is 0.399 e. The van der Waals surface area contributed by atoms with E-state index in [0.29, 0.717) is 17.9 Å². The topological polar surface area (TPSA) is 55.1 Å². The van der Waals surface area contributed by atoms with Crippen LogP contribution < -0.4 is 11.1 Å². The average Bonchev–Trinajstić information content (AvgIpc) is 2.42. The number of rotatable bonds is 4. The van der Waals surface area contributed by atoms with Crippen molar-refractivity contribution in [1.29, 1.82) is 0 Å². The Kier molecular flexibility index (Phi) is 4.64. The highest BCUT2D eigenvalue weighted by Crippen LogP contribution is 2.20. The zero-order valence-corrected chi connectivity index (χ0v) is 12.1. The summed E-state index contributed by atoms with van der Waals surface area (Å²) in [6.45, 7) is 1.93. The molecule has 0 aliphatic carbocycles. The molecule has 0 aliphatic heterocycles. The predicted octanol–water partition coefficient (Wildman–Crippen LogP) is 3.80. The zero-order valence-electron chi connectivity index (χ0n) is 11.3. The third kappa shape index (κ3) is 3.75. The van der Waals surface area contributed by atoms with E-state index in [4.69, 9.17) is 17.3 Å². The van der Waals surface area contributed by atoms with E-state index in [9.17, 15) is 4.79 Å². The molecule has 2 aromatic carbocycles. The number of nitrogen functional groups attached to an aromatic ring is 1. The van der Waals surface area contributed by atoms with Gasteiger partial charge in [-0.2, -0.15) is 0 Å². The Morgan fingerprint density at radius 1 is 1.25 bits per heavy atom. The van der Waals surface area contributed by atoms with Crippen LogP contribution in [0.3, 0.4) is 0 Å². The van der Waals surface area contributed by atoms with Gasteiger partial charge in [-0.15, -0.1) is 0 Å². The fraction of sp³-hybridized carbons (Fsp3) is 0.188. The first-order chi connectivity index (χ1) is 9.56. The van der Waals surface area contributed by atoms with Gasteiger partial charge in [-0.3, -0.25) is 4.79 Å². The lowest BCUT2D eigenvalue weighted by atomic mass is 10.1. The third-order valence-corrected chi connectivity index (χ3v) is 3.39. The maximum Gasteiger partial charge on any atom is 0.224 e. The number of para-hydroxylation sites is 1. The van der Waals surface area contributed by atoms with Gasteiger partial charge in [0, 0.05) is 22.8 Å². The molecule has 3 nitrogen and oxygen atoms in total. The Morgan fingerprint density at radius 2 is 2.00 bits per heavy atom. The molecule has 0 aromatic heterocycles. The van der Waals surface area contributed by atoms with Crippen molar-refractivity contribution in [2.75, 3.05) is 11.1 Å². The lowest BCUT2D eigenvalue weighted by Crippen LogP contribution is -2.13. The molecule has 0 fully saturated rings. The number of hydrogen-bond donors (Lipinski definition) is 2. The van der Waals surface area contributed by atoms with Gasteiger partial charge >= 0.3 is 0 Å². The summed E-state index contributed by atoms with van der Waals surface area (Å²) in [6.07, 6.45) is 1.01. The molecule has 4 heteroatoms. The minimum Gasteiger partial charge on any atom is -0.399 e. The fourth-order valence-corrected chi connectivity index (χ4v) is 2.12. The molecule has 0 radical (unpaired) electrons. The van der Waals surface area contributed by atoms with Crippen molar-refractivity contribution >= 4 is 28.9 Å². The molecule has 0 saturated carbocycles. The van der Waals surface area contributed by atoms with Gasteiger partial charge in [0.05, 0.1) is 0 Å². The molecular formula is C16H17ClN2O. The van der Waals surface area contributed by atoms with Crippen molar-refractivity contribution in [2.45, 2.75) is 19.8 Å². The van der Waals surface area contributed by atoms with Gasteiger partial charge in [-0.05, 0) is 42.7 Å². The molecule has 0 saturated heterocycles. The van der Waals surface area contributed by atoms with E-state index >= 15 is 0 Å². The van der Waals surface area contributed by atoms with Crippen LogP contribution in [0.15, 0.2) is 42.5 Å². The van der Waals surface area contributed by atoms with Crippen LogP contribution in [0, 0.1) is 6.92 Å². The van der Waals surface area contributed by atoms with Gasteiger partial charge < -0.3 is 11.1 Å². The van der Waals surface area contributed by atoms with Crippen molar-refractivity contribution in [3.8, 4) is 0 Å². The van der Waals surface area contributed by atoms with E-state index in [1.807, 2.05) is 37.3 Å². The molecule has 0 unspecified atom stereocenters. The normalized spacial score (nSPS) is 10.3. The Balaban J connectivity index is 1.96. The number of benzene rings is 2. The van der Waals surface area contributed by atoms with Crippen LogP contribution in [0.5, 0.6) is 0 Å². The number of nitrogens with two attached hydrogens (primary N) is 1. The van der Waals surface area contributed by atoms with Crippen LogP contribution in [0.1, 0.15) is 17.5 Å². The highest BCUT2D eigenvalue weighted by Gasteiger charge is 2.07. The zero-order chi connectivity index (χ0) is 14.5. The lowest BCUT2D eigenvalue weighted by molar-refractivity contribution is -0.116. The summed E-state index contributed by atoms with van der Waals surface area (Å²) in [5.74, 6) is -0.0429. The summed E-state index contributed by atoms with van der Waals surface area (Å²) in [4.78, 5) is 12.0. The van der Waals surface area contributed by atoms with Crippen molar-refractivity contribution < 1.29 is 4.79 Å². The second-order valence-electron chi connectivity index (χ2n) is 4.71. The second-order valence-corrected chi connectivity index (χ2v) is 5.14. The minimum atomic E-state index is -0.0429. The standard InChI is InChI=1S/C16H17ClN2O/c1-11-6-8-13(17)10-15(11)19-16(20)9-7-12-4-2-3-5-14(12)18/h2-6,8,10H,7,9,18H2,1H3,(H,19,20). The fourth-order valence-electron chi connectivity index (χ4n) is 1.95. The van der Waals surface area contributed by atoms with Crippen LogP contribution >= 0.6 is 11.6 Å². The number of hydrogen-bond acceptors (Lipinski definition) is 2. The Morgan fingerprint density at radius 3 is 2.75 bits per heavy atom. The van der Waals surface area contributed by atoms with E-state index in [0.717, 1.165) is 22.5 Å². The van der Waals surface area contributed by atoms with Crippen LogP contribution in [0.2, 0.25) is 5.02 Å². The predicted molar refractivity (Wildman–Crippen MR) is 84.0 cm³/mol. The molecule has 2 aromatic rings. The van der Waals surface area contributed by atoms with E-state index in [1.54, 1.807) is 12.1 Å². The number of halogens is 1. The molecular weight excluding hydrogens is 272 g/mol. The Hall–Kier alpha value is -2.00. The number of carbonyl (C=O) groups is 1. The first-order valence-electron chi connectivity index (χ1n) is 6.45. The van der Waals surface area contributed by atoms with Gasteiger partial charge in [0.25, 0.3) is 0 Å². The molecule has 0 spiro atoms. The maximum atomic E-state index is 12.0. The van der Waals surface area contributed by atoms with E-state index in [-0.39, 0.29) is 5.91 Å². The van der Waals surface area contributed by atoms with E-state index in [1.165, 1.54) is 0 Å². The van der Waals surface area contributed by atoms with E-state index < -0.39 is 0 Å². The second kappa shape index (κ2) is 6.44. The molecule has 0 aliphatic rings. The lowest BCUT2D eigenvalue weighted by Gasteiger charge is -2.09. The Labute approximate surface area is 123 Å². The molecule has 20 heavy (non-hydrogen) atoms. The number of aryl methyl sites for hydroxylation is 2. The van der Waals surface area contributed by atoms with Gasteiger partial charge in [0.2, 0.25) is 5.91 Å². The molecule has 104 valence electrons. The first-order valence-corrected chi connectivity index (χ1v) is 6.83. The molecule has 2 rings (SSSR count). The summed E-state index contributed by atoms with van der Waals surface area (Å²) in [5.41, 5.74) is 9.31. The van der Waals surface area contributed by atoms with Gasteiger partial charge in [-0.1, -0.05) is 35.9 Å². The average molecular weight is 289 g/mol. The summed E-state index contributed by atoms with van der Waals surface area (Å²) in [5, 5.41) is 3.49. The summed E-state index contributed by atoms with van der Waals surface area (Å²) < 4.78 is 0. The van der Waals surface area contributed by atoms with Crippen molar-refractivity contribution in [3.05, 3.63) is 58.6 Å². The quantitative estimate of drug-likeness (QED) is 0.841. The third-order valence-electron chi connectivity index (χ3n) is 3.15. The smallest absolute Gasteiger partial charge is 0.224 e. The molecule has 0 atom stereocenters. The first kappa shape index (κ1) is 14.4. The van der Waals surface area contributed by atoms with Crippen LogP contribution in [0.4, 0.5) is 11.4 Å². The summed E-state index contributed by atoms with van der Waals surface area (Å²) in [6, 6.07) is 13.0. The summed E-state index contributed by atoms with van der Waals surface area (Å²) in [7, 11) is 0. The molecule has 1 amide bonds. The number of nitrogens with one attached hydrogen (secondary N) is 1. The van der Waals surface area contributed by atoms with E-state index in [2.05, 4.69) is 5.32 Å². The number of amides is 1. The Bertz CT molecular complexity index is 626. The van der Waals surface area contributed by atoms with Crippen LogP contribution in [-0.2, 0) is 11.2 Å². The summed E-state index contributed by atoms with van der Waals surface area (Å²) >= 11 is 5.93. The number of carbonyl (C=O) groups excluding carboxylic acids is 1. The molecule has 0 bridgehead atoms. The SMILES string of the molecule is Cc1ccc(Cl)cc1NC(=O)CCc1ccccc1N. The molecule has 3 N–H and O–H groups in total. The minimum absolute atomic E-state index is 0.0429. The highest BCUT2D eigenvalue weighted by atomic mass is 35.5. The van der Waals surface area contributed by atoms with Gasteiger partial charge in [0.15, 0.2) is 0 Å². The molecule has 0 heterocycles. The van der Waals surface area contributed by atoms with Crippen molar-refractivity contribution in [1.82, 2.24) is 0 Å². The van der Waals surface area contributed by atoms with Crippen molar-refractivity contribution in [2.24, 2.45) is 0 Å². The van der Waals surface area contributed by atoms with Crippen molar-refractivity contribution in [3.63, 3.8) is 0 Å². The van der Waals surface area contributed by atoms with Crippen LogP contribution in [-0.4, -0.2) is 5.91 Å². The highest BCUT2D eigenvalue weighted by molar-refractivity contribution is 6.31. The van der Waals surface area contributed by atoms with Gasteiger partial charge in [-0.25, -0.2) is 0 Å². The number of anilines is 2. The van der Waals surface area contributed by atoms with Gasteiger partial charge in [0.1, 0.15) is 0 Å².